The Morgan fingerprint density at radius 1 is 1.50 bits per heavy atom. The van der Waals surface area contributed by atoms with E-state index in [1.54, 1.807) is 0 Å². The highest BCUT2D eigenvalue weighted by Crippen LogP contribution is 2.03. The summed E-state index contributed by atoms with van der Waals surface area (Å²) in [5.41, 5.74) is -0.512. The van der Waals surface area contributed by atoms with Gasteiger partial charge in [0.25, 0.3) is 0 Å². The summed E-state index contributed by atoms with van der Waals surface area (Å²) in [4.78, 5) is 3.48. The minimum Gasteiger partial charge on any atom is -0.242 e. The summed E-state index contributed by atoms with van der Waals surface area (Å²) in [6.07, 6.45) is 0. The molecular formula is C3H3Cl4N. The summed E-state index contributed by atoms with van der Waals surface area (Å²) in [6.45, 7) is 0. The number of aliphatic imine (C=N–C) groups is 1. The Kier molecular flexibility index (Phi) is 5.17. The second-order valence-electron chi connectivity index (χ2n) is 0.958. The molecule has 8 heavy (non-hydrogen) atoms. The van der Waals surface area contributed by atoms with E-state index >= 15 is 0 Å². The number of halogens is 4. The summed E-state index contributed by atoms with van der Waals surface area (Å²) in [6, 6.07) is 0. The molecule has 0 aromatic heterocycles. The van der Waals surface area contributed by atoms with Crippen LogP contribution in [0, 0.1) is 0 Å². The monoisotopic (exact) mass is 193 g/mol. The molecule has 0 rings (SSSR count). The second kappa shape index (κ2) is 4.68. The van der Waals surface area contributed by atoms with Gasteiger partial charge in [-0.1, -0.05) is 11.6 Å². The zero-order valence-electron chi connectivity index (χ0n) is 3.74. The van der Waals surface area contributed by atoms with Gasteiger partial charge in [0.15, 0.2) is 4.63 Å². The summed E-state index contributed by atoms with van der Waals surface area (Å²) in [5.74, 6) is 0.213. The minimum absolute atomic E-state index is 0.0920. The molecule has 48 valence electrons. The highest BCUT2D eigenvalue weighted by Gasteiger charge is 1.97. The lowest BCUT2D eigenvalue weighted by Gasteiger charge is -1.93. The third-order valence-electron chi connectivity index (χ3n) is 0.365. The maximum atomic E-state index is 5.37. The van der Waals surface area contributed by atoms with Crippen molar-refractivity contribution in [3.8, 4) is 0 Å². The Hall–Kier alpha value is 0.830. The normalized spacial score (nSPS) is 13.0. The Labute approximate surface area is 67.6 Å². The van der Waals surface area contributed by atoms with Crippen molar-refractivity contribution in [2.45, 2.75) is 5.50 Å². The number of hydrogen-bond donors (Lipinski definition) is 0. The molecule has 0 aliphatic rings. The van der Waals surface area contributed by atoms with Crippen LogP contribution in [-0.2, 0) is 0 Å². The summed E-state index contributed by atoms with van der Waals surface area (Å²) < 4.78 is -0.0920. The molecule has 0 spiro atoms. The largest absolute Gasteiger partial charge is 0.242 e. The van der Waals surface area contributed by atoms with Crippen LogP contribution in [0.15, 0.2) is 4.99 Å². The number of alkyl halides is 2. The van der Waals surface area contributed by atoms with Crippen molar-refractivity contribution in [3.05, 3.63) is 0 Å². The second-order valence-corrected chi connectivity index (χ2v) is 2.68. The molecule has 0 aliphatic heterocycles. The maximum Gasteiger partial charge on any atom is 0.193 e. The van der Waals surface area contributed by atoms with Crippen molar-refractivity contribution in [1.29, 1.82) is 0 Å². The van der Waals surface area contributed by atoms with Crippen molar-refractivity contribution < 1.29 is 0 Å². The fourth-order valence-corrected chi connectivity index (χ4v) is 0.642. The number of hydrogen-bond acceptors (Lipinski definition) is 1. The lowest BCUT2D eigenvalue weighted by Crippen LogP contribution is -1.95. The molecule has 0 fully saturated rings. The van der Waals surface area contributed by atoms with E-state index in [4.69, 9.17) is 46.4 Å². The van der Waals surface area contributed by atoms with Crippen LogP contribution in [-0.4, -0.2) is 16.0 Å². The lowest BCUT2D eigenvalue weighted by atomic mass is 10.8. The summed E-state index contributed by atoms with van der Waals surface area (Å²) in [5, 5.41) is 0. The zero-order chi connectivity index (χ0) is 6.57. The quantitative estimate of drug-likeness (QED) is 0.364. The van der Waals surface area contributed by atoms with E-state index in [1.807, 2.05) is 0 Å². The van der Waals surface area contributed by atoms with Gasteiger partial charge in [-0.25, -0.2) is 4.99 Å². The van der Waals surface area contributed by atoms with Gasteiger partial charge < -0.3 is 0 Å². The summed E-state index contributed by atoms with van der Waals surface area (Å²) >= 11 is 20.9. The first-order valence-electron chi connectivity index (χ1n) is 1.75. The Balaban J connectivity index is 3.51. The van der Waals surface area contributed by atoms with E-state index in [0.29, 0.717) is 0 Å². The molecule has 0 saturated heterocycles. The van der Waals surface area contributed by atoms with Crippen LogP contribution < -0.4 is 0 Å². The fraction of sp³-hybridized carbons (Fsp3) is 0.667. The van der Waals surface area contributed by atoms with Crippen LogP contribution in [0.25, 0.3) is 0 Å². The van der Waals surface area contributed by atoms with E-state index in [-0.39, 0.29) is 10.5 Å². The van der Waals surface area contributed by atoms with E-state index in [1.165, 1.54) is 0 Å². The van der Waals surface area contributed by atoms with Gasteiger partial charge in [-0.3, -0.25) is 0 Å². The van der Waals surface area contributed by atoms with Crippen molar-refractivity contribution in [2.75, 3.05) is 5.88 Å². The van der Waals surface area contributed by atoms with E-state index in [2.05, 4.69) is 4.99 Å². The standard InChI is InChI=1S/C3H3Cl4N/c4-1-2(5)8-3(6)7/h2H,1H2. The van der Waals surface area contributed by atoms with Gasteiger partial charge in [-0.15, -0.1) is 11.6 Å². The van der Waals surface area contributed by atoms with Gasteiger partial charge >= 0.3 is 0 Å². The Bertz CT molecular complexity index is 87.3. The lowest BCUT2D eigenvalue weighted by molar-refractivity contribution is 1.05. The van der Waals surface area contributed by atoms with Crippen LogP contribution in [0.4, 0.5) is 0 Å². The van der Waals surface area contributed by atoms with E-state index < -0.39 is 5.50 Å². The molecule has 0 bridgehead atoms. The molecule has 0 N–H and O–H groups in total. The SMILES string of the molecule is ClCC(Cl)N=C(Cl)Cl. The molecule has 1 atom stereocenters. The first-order valence-corrected chi connectivity index (χ1v) is 3.48. The zero-order valence-corrected chi connectivity index (χ0v) is 6.77. The van der Waals surface area contributed by atoms with Gasteiger partial charge in [0, 0.05) is 0 Å². The van der Waals surface area contributed by atoms with Gasteiger partial charge in [-0.2, -0.15) is 0 Å². The molecule has 0 amide bonds. The number of nitrogens with zero attached hydrogens (tertiary/aromatic N) is 1. The molecule has 0 heterocycles. The van der Waals surface area contributed by atoms with Crippen LogP contribution in [0.3, 0.4) is 0 Å². The molecule has 0 radical (unpaired) electrons. The van der Waals surface area contributed by atoms with E-state index in [0.717, 1.165) is 0 Å². The minimum atomic E-state index is -0.512. The van der Waals surface area contributed by atoms with Gasteiger partial charge in [0.1, 0.15) is 5.50 Å². The predicted molar refractivity (Wildman–Crippen MR) is 39.5 cm³/mol. The fourth-order valence-electron chi connectivity index (χ4n) is 0.140. The third kappa shape index (κ3) is 4.98. The molecule has 0 saturated carbocycles. The predicted octanol–water partition coefficient (Wildman–Crippen LogP) is 2.62. The number of rotatable bonds is 2. The summed E-state index contributed by atoms with van der Waals surface area (Å²) in [7, 11) is 0. The van der Waals surface area contributed by atoms with Crippen LogP contribution >= 0.6 is 46.4 Å². The molecule has 0 aromatic carbocycles. The van der Waals surface area contributed by atoms with Gasteiger partial charge in [0.2, 0.25) is 0 Å². The van der Waals surface area contributed by atoms with E-state index in [9.17, 15) is 0 Å². The van der Waals surface area contributed by atoms with Crippen molar-refractivity contribution in [3.63, 3.8) is 0 Å². The molecule has 5 heteroatoms. The highest BCUT2D eigenvalue weighted by molar-refractivity contribution is 6.95. The van der Waals surface area contributed by atoms with Crippen molar-refractivity contribution in [2.24, 2.45) is 4.99 Å². The average molecular weight is 195 g/mol. The Morgan fingerprint density at radius 2 is 2.00 bits per heavy atom. The van der Waals surface area contributed by atoms with Gasteiger partial charge in [0.05, 0.1) is 5.88 Å². The van der Waals surface area contributed by atoms with Crippen LogP contribution in [0.1, 0.15) is 0 Å². The molecular weight excluding hydrogens is 192 g/mol. The first-order chi connectivity index (χ1) is 3.66. The van der Waals surface area contributed by atoms with Crippen molar-refractivity contribution in [1.82, 2.24) is 0 Å². The smallest absolute Gasteiger partial charge is 0.193 e. The Morgan fingerprint density at radius 3 is 2.12 bits per heavy atom. The van der Waals surface area contributed by atoms with Crippen molar-refractivity contribution >= 4 is 51.0 Å². The molecule has 1 nitrogen and oxygen atoms in total. The van der Waals surface area contributed by atoms with Crippen LogP contribution in [0.2, 0.25) is 0 Å². The molecule has 1 unspecified atom stereocenters. The third-order valence-corrected chi connectivity index (χ3v) is 1.26. The highest BCUT2D eigenvalue weighted by atomic mass is 35.5. The topological polar surface area (TPSA) is 12.4 Å². The molecule has 0 aromatic rings. The average Bonchev–Trinajstić information content (AvgIpc) is 1.65. The molecule has 0 aliphatic carbocycles. The maximum absolute atomic E-state index is 5.37. The van der Waals surface area contributed by atoms with Crippen LogP contribution in [0.5, 0.6) is 0 Å². The van der Waals surface area contributed by atoms with Gasteiger partial charge in [-0.05, 0) is 23.2 Å². The first kappa shape index (κ1) is 8.83.